The van der Waals surface area contributed by atoms with Gasteiger partial charge in [-0.2, -0.15) is 0 Å². The minimum Gasteiger partial charge on any atom is -0.489 e. The molecule has 106 valence electrons. The number of hydrogen-bond donors (Lipinski definition) is 1. The van der Waals surface area contributed by atoms with Gasteiger partial charge in [0, 0.05) is 10.6 Å². The first-order valence-corrected chi connectivity index (χ1v) is 6.82. The van der Waals surface area contributed by atoms with Crippen molar-refractivity contribution in [1.29, 1.82) is 0 Å². The first-order valence-electron chi connectivity index (χ1n) is 6.45. The predicted molar refractivity (Wildman–Crippen MR) is 77.4 cm³/mol. The van der Waals surface area contributed by atoms with Crippen LogP contribution in [0.5, 0.6) is 5.75 Å². The third kappa shape index (κ3) is 3.71. The van der Waals surface area contributed by atoms with Crippen molar-refractivity contribution in [3.63, 3.8) is 0 Å². The average molecular weight is 295 g/mol. The maximum atomic E-state index is 13.6. The summed E-state index contributed by atoms with van der Waals surface area (Å²) in [5.74, 6) is 0.252. The molecule has 2 rings (SSSR count). The third-order valence-electron chi connectivity index (χ3n) is 3.06. The first-order chi connectivity index (χ1) is 9.60. The lowest BCUT2D eigenvalue weighted by molar-refractivity contribution is 0.173. The van der Waals surface area contributed by atoms with Crippen molar-refractivity contribution in [3.05, 3.63) is 64.4 Å². The molecule has 0 aromatic heterocycles. The highest BCUT2D eigenvalue weighted by atomic mass is 35.5. The third-order valence-corrected chi connectivity index (χ3v) is 3.30. The number of halogens is 2. The van der Waals surface area contributed by atoms with E-state index in [1.807, 2.05) is 19.1 Å². The highest BCUT2D eigenvalue weighted by molar-refractivity contribution is 6.30. The van der Waals surface area contributed by atoms with Gasteiger partial charge in [-0.1, -0.05) is 36.7 Å². The Morgan fingerprint density at radius 2 is 1.90 bits per heavy atom. The van der Waals surface area contributed by atoms with Gasteiger partial charge in [-0.3, -0.25) is 0 Å². The van der Waals surface area contributed by atoms with E-state index in [9.17, 15) is 9.50 Å². The second-order valence-corrected chi connectivity index (χ2v) is 4.95. The molecule has 0 aliphatic rings. The van der Waals surface area contributed by atoms with Crippen molar-refractivity contribution >= 4 is 11.6 Å². The molecular formula is C16H16ClFO2. The van der Waals surface area contributed by atoms with Gasteiger partial charge in [0.15, 0.2) is 0 Å². The van der Waals surface area contributed by atoms with Crippen molar-refractivity contribution in [2.24, 2.45) is 0 Å². The molecule has 0 aliphatic carbocycles. The molecule has 0 spiro atoms. The largest absolute Gasteiger partial charge is 0.489 e. The fraction of sp³-hybridized carbons (Fsp3) is 0.250. The molecule has 4 heteroatoms. The minimum absolute atomic E-state index is 0.138. The zero-order valence-electron chi connectivity index (χ0n) is 11.1. The summed E-state index contributed by atoms with van der Waals surface area (Å²) in [5.41, 5.74) is 1.30. The molecular weight excluding hydrogens is 279 g/mol. The van der Waals surface area contributed by atoms with E-state index >= 15 is 0 Å². The van der Waals surface area contributed by atoms with Gasteiger partial charge < -0.3 is 9.84 Å². The summed E-state index contributed by atoms with van der Waals surface area (Å²) >= 11 is 5.69. The number of ether oxygens (including phenoxy) is 1. The van der Waals surface area contributed by atoms with Crippen LogP contribution in [-0.2, 0) is 6.61 Å². The summed E-state index contributed by atoms with van der Waals surface area (Å²) < 4.78 is 19.1. The summed E-state index contributed by atoms with van der Waals surface area (Å²) in [5, 5.41) is 10.1. The first kappa shape index (κ1) is 14.8. The normalized spacial score (nSPS) is 12.2. The maximum Gasteiger partial charge on any atom is 0.131 e. The summed E-state index contributed by atoms with van der Waals surface area (Å²) in [6.45, 7) is 2.05. The van der Waals surface area contributed by atoms with Crippen LogP contribution in [0.25, 0.3) is 0 Å². The Morgan fingerprint density at radius 3 is 2.50 bits per heavy atom. The Balaban J connectivity index is 2.00. The minimum atomic E-state index is -0.460. The van der Waals surface area contributed by atoms with Crippen LogP contribution in [-0.4, -0.2) is 5.11 Å². The summed E-state index contributed by atoms with van der Waals surface area (Å²) in [6, 6.07) is 11.6. The lowest BCUT2D eigenvalue weighted by atomic mass is 10.1. The smallest absolute Gasteiger partial charge is 0.131 e. The second-order valence-electron chi connectivity index (χ2n) is 4.52. The molecule has 0 fully saturated rings. The van der Waals surface area contributed by atoms with Gasteiger partial charge in [-0.15, -0.1) is 0 Å². The molecule has 1 N–H and O–H groups in total. The molecule has 0 unspecified atom stereocenters. The van der Waals surface area contributed by atoms with E-state index in [0.29, 0.717) is 22.8 Å². The fourth-order valence-corrected chi connectivity index (χ4v) is 1.98. The quantitative estimate of drug-likeness (QED) is 0.879. The SMILES string of the molecule is CC[C@H](O)c1ccc(OCc2ccc(Cl)cc2F)cc1. The van der Waals surface area contributed by atoms with Gasteiger partial charge in [0.05, 0.1) is 6.10 Å². The molecule has 2 aromatic carbocycles. The van der Waals surface area contributed by atoms with Crippen molar-refractivity contribution < 1.29 is 14.2 Å². The number of hydrogen-bond acceptors (Lipinski definition) is 2. The second kappa shape index (κ2) is 6.73. The molecule has 1 atom stereocenters. The Hall–Kier alpha value is -1.58. The van der Waals surface area contributed by atoms with Crippen LogP contribution in [0.4, 0.5) is 4.39 Å². The van der Waals surface area contributed by atoms with Gasteiger partial charge in [-0.05, 0) is 36.2 Å². The molecule has 0 bridgehead atoms. The van der Waals surface area contributed by atoms with Crippen LogP contribution in [0.2, 0.25) is 5.02 Å². The molecule has 0 aliphatic heterocycles. The van der Waals surface area contributed by atoms with E-state index in [0.717, 1.165) is 5.56 Å². The number of aliphatic hydroxyl groups excluding tert-OH is 1. The summed E-state index contributed by atoms with van der Waals surface area (Å²) in [7, 11) is 0. The fourth-order valence-electron chi connectivity index (χ4n) is 1.82. The van der Waals surface area contributed by atoms with Crippen molar-refractivity contribution in [2.45, 2.75) is 26.1 Å². The summed E-state index contributed by atoms with van der Waals surface area (Å²) in [4.78, 5) is 0. The lowest BCUT2D eigenvalue weighted by Gasteiger charge is -2.10. The maximum absolute atomic E-state index is 13.6. The van der Waals surface area contributed by atoms with Crippen LogP contribution in [0, 0.1) is 5.82 Å². The Labute approximate surface area is 122 Å². The number of rotatable bonds is 5. The van der Waals surface area contributed by atoms with Crippen LogP contribution >= 0.6 is 11.6 Å². The molecule has 2 aromatic rings. The number of aliphatic hydroxyl groups is 1. The van der Waals surface area contributed by atoms with Crippen LogP contribution in [0.1, 0.15) is 30.6 Å². The van der Waals surface area contributed by atoms with Crippen LogP contribution < -0.4 is 4.74 Å². The highest BCUT2D eigenvalue weighted by Gasteiger charge is 2.06. The van der Waals surface area contributed by atoms with Crippen molar-refractivity contribution in [3.8, 4) is 5.75 Å². The van der Waals surface area contributed by atoms with E-state index in [4.69, 9.17) is 16.3 Å². The highest BCUT2D eigenvalue weighted by Crippen LogP contribution is 2.21. The molecule has 20 heavy (non-hydrogen) atoms. The number of benzene rings is 2. The molecule has 2 nitrogen and oxygen atoms in total. The molecule has 0 radical (unpaired) electrons. The molecule has 0 saturated heterocycles. The molecule has 0 amide bonds. The van der Waals surface area contributed by atoms with Crippen LogP contribution in [0.15, 0.2) is 42.5 Å². The Kier molecular flexibility index (Phi) is 4.99. The van der Waals surface area contributed by atoms with Crippen molar-refractivity contribution in [1.82, 2.24) is 0 Å². The predicted octanol–water partition coefficient (Wildman–Crippen LogP) is 4.50. The van der Waals surface area contributed by atoms with Crippen LogP contribution in [0.3, 0.4) is 0 Å². The van der Waals surface area contributed by atoms with E-state index in [1.54, 1.807) is 24.3 Å². The average Bonchev–Trinajstić information content (AvgIpc) is 2.46. The Bertz CT molecular complexity index is 569. The zero-order valence-corrected chi connectivity index (χ0v) is 11.9. The van der Waals surface area contributed by atoms with Crippen molar-refractivity contribution in [2.75, 3.05) is 0 Å². The van der Waals surface area contributed by atoms with Gasteiger partial charge in [0.1, 0.15) is 18.2 Å². The molecule has 0 saturated carbocycles. The van der Waals surface area contributed by atoms with Gasteiger partial charge >= 0.3 is 0 Å². The standard InChI is InChI=1S/C16H16ClFO2/c1-2-16(19)11-4-7-14(8-5-11)20-10-12-3-6-13(17)9-15(12)18/h3-9,16,19H,2,10H2,1H3/t16-/m0/s1. The summed E-state index contributed by atoms with van der Waals surface area (Å²) in [6.07, 6.45) is 0.202. The van der Waals surface area contributed by atoms with E-state index in [2.05, 4.69) is 0 Å². The van der Waals surface area contributed by atoms with E-state index in [1.165, 1.54) is 6.07 Å². The Morgan fingerprint density at radius 1 is 1.20 bits per heavy atom. The zero-order chi connectivity index (χ0) is 14.5. The van der Waals surface area contributed by atoms with Gasteiger partial charge in [-0.25, -0.2) is 4.39 Å². The van der Waals surface area contributed by atoms with E-state index < -0.39 is 6.10 Å². The lowest BCUT2D eigenvalue weighted by Crippen LogP contribution is -1.99. The monoisotopic (exact) mass is 294 g/mol. The van der Waals surface area contributed by atoms with Gasteiger partial charge in [0.2, 0.25) is 0 Å². The van der Waals surface area contributed by atoms with Gasteiger partial charge in [0.25, 0.3) is 0 Å². The van der Waals surface area contributed by atoms with E-state index in [-0.39, 0.29) is 12.4 Å². The molecule has 0 heterocycles. The topological polar surface area (TPSA) is 29.5 Å².